The standard InChI is InChI=1S/C19H18Cl2O4/c1-2-3-4-17(24-18(22)13-5-9-15(20)10-6-13)25-19(23)14-7-11-16(21)12-8-14/h5-12,17H,2-4H2,1H3. The molecule has 0 aliphatic rings. The molecule has 25 heavy (non-hydrogen) atoms. The SMILES string of the molecule is CCCCC(OC(=O)c1ccc(Cl)cc1)OC(=O)c1ccc(Cl)cc1. The van der Waals surface area contributed by atoms with Crippen LogP contribution >= 0.6 is 23.2 Å². The topological polar surface area (TPSA) is 52.6 Å². The molecule has 0 radical (unpaired) electrons. The largest absolute Gasteiger partial charge is 0.422 e. The molecule has 0 aliphatic carbocycles. The molecule has 0 atom stereocenters. The number of hydrogen-bond acceptors (Lipinski definition) is 4. The van der Waals surface area contributed by atoms with Crippen molar-refractivity contribution in [1.29, 1.82) is 0 Å². The van der Waals surface area contributed by atoms with E-state index in [1.54, 1.807) is 48.5 Å². The van der Waals surface area contributed by atoms with Crippen LogP contribution in [0.25, 0.3) is 0 Å². The molecule has 0 bridgehead atoms. The van der Waals surface area contributed by atoms with Crippen LogP contribution in [0.1, 0.15) is 46.9 Å². The number of rotatable bonds is 7. The van der Waals surface area contributed by atoms with Gasteiger partial charge in [0.05, 0.1) is 11.1 Å². The van der Waals surface area contributed by atoms with Crippen LogP contribution in [0.5, 0.6) is 0 Å². The molecule has 0 aromatic heterocycles. The maximum Gasteiger partial charge on any atom is 0.341 e. The summed E-state index contributed by atoms with van der Waals surface area (Å²) in [6, 6.07) is 12.6. The summed E-state index contributed by atoms with van der Waals surface area (Å²) in [5, 5.41) is 1.04. The quantitative estimate of drug-likeness (QED) is 0.468. The third-order valence-corrected chi connectivity index (χ3v) is 3.93. The van der Waals surface area contributed by atoms with E-state index in [-0.39, 0.29) is 0 Å². The molecule has 0 unspecified atom stereocenters. The Kier molecular flexibility index (Phi) is 7.29. The van der Waals surface area contributed by atoms with Gasteiger partial charge in [-0.1, -0.05) is 36.5 Å². The first-order chi connectivity index (χ1) is 12.0. The van der Waals surface area contributed by atoms with E-state index < -0.39 is 18.2 Å². The van der Waals surface area contributed by atoms with Gasteiger partial charge in [-0.15, -0.1) is 0 Å². The monoisotopic (exact) mass is 380 g/mol. The maximum absolute atomic E-state index is 12.2. The molecular formula is C19H18Cl2O4. The van der Waals surface area contributed by atoms with E-state index >= 15 is 0 Å². The number of carbonyl (C=O) groups is 2. The van der Waals surface area contributed by atoms with Gasteiger partial charge in [-0.25, -0.2) is 9.59 Å². The van der Waals surface area contributed by atoms with Crippen LogP contribution in [0.15, 0.2) is 48.5 Å². The zero-order valence-corrected chi connectivity index (χ0v) is 15.2. The van der Waals surface area contributed by atoms with Crippen molar-refractivity contribution in [3.05, 3.63) is 69.7 Å². The number of unbranched alkanes of at least 4 members (excludes halogenated alkanes) is 1. The fourth-order valence-corrected chi connectivity index (χ4v) is 2.31. The summed E-state index contributed by atoms with van der Waals surface area (Å²) in [5.74, 6) is -1.14. The maximum atomic E-state index is 12.2. The van der Waals surface area contributed by atoms with Gasteiger partial charge in [-0.3, -0.25) is 0 Å². The summed E-state index contributed by atoms with van der Waals surface area (Å²) in [5.41, 5.74) is 0.682. The first-order valence-electron chi connectivity index (χ1n) is 7.92. The minimum atomic E-state index is -0.952. The normalized spacial score (nSPS) is 10.6. The molecule has 2 aromatic carbocycles. The Bertz CT molecular complexity index is 652. The van der Waals surface area contributed by atoms with Crippen LogP contribution in [0.4, 0.5) is 0 Å². The summed E-state index contributed by atoms with van der Waals surface area (Å²) in [6.45, 7) is 2.00. The molecule has 4 nitrogen and oxygen atoms in total. The van der Waals surface area contributed by atoms with Gasteiger partial charge in [0.1, 0.15) is 0 Å². The fraction of sp³-hybridized carbons (Fsp3) is 0.263. The molecule has 132 valence electrons. The Balaban J connectivity index is 2.04. The number of ether oxygens (including phenoxy) is 2. The van der Waals surface area contributed by atoms with Crippen molar-refractivity contribution in [2.45, 2.75) is 32.5 Å². The van der Waals surface area contributed by atoms with Crippen LogP contribution in [0.2, 0.25) is 10.0 Å². The number of hydrogen-bond donors (Lipinski definition) is 0. The molecule has 0 amide bonds. The summed E-state index contributed by atoms with van der Waals surface area (Å²) in [6.07, 6.45) is 1.11. The van der Waals surface area contributed by atoms with Crippen molar-refractivity contribution < 1.29 is 19.1 Å². The van der Waals surface area contributed by atoms with Crippen LogP contribution in [-0.2, 0) is 9.47 Å². The summed E-state index contributed by atoms with van der Waals surface area (Å²) in [7, 11) is 0. The fourth-order valence-electron chi connectivity index (χ4n) is 2.06. The van der Waals surface area contributed by atoms with E-state index in [1.165, 1.54) is 0 Å². The van der Waals surface area contributed by atoms with Gasteiger partial charge in [-0.2, -0.15) is 0 Å². The average Bonchev–Trinajstić information content (AvgIpc) is 2.60. The molecule has 0 aliphatic heterocycles. The molecule has 0 fully saturated rings. The second-order valence-corrected chi connectivity index (χ2v) is 6.27. The molecule has 2 aromatic rings. The zero-order chi connectivity index (χ0) is 18.2. The van der Waals surface area contributed by atoms with E-state index in [0.29, 0.717) is 27.6 Å². The molecular weight excluding hydrogens is 363 g/mol. The second kappa shape index (κ2) is 9.44. The van der Waals surface area contributed by atoms with Crippen molar-refractivity contribution in [2.75, 3.05) is 0 Å². The summed E-state index contributed by atoms with van der Waals surface area (Å²) >= 11 is 11.6. The summed E-state index contributed by atoms with van der Waals surface area (Å²) in [4.78, 5) is 24.4. The predicted octanol–water partition coefficient (Wildman–Crippen LogP) is 5.52. The van der Waals surface area contributed by atoms with Gasteiger partial charge >= 0.3 is 11.9 Å². The molecule has 0 spiro atoms. The van der Waals surface area contributed by atoms with Gasteiger partial charge in [0.2, 0.25) is 6.29 Å². The Hall–Kier alpha value is -2.04. The number of benzene rings is 2. The van der Waals surface area contributed by atoms with Gasteiger partial charge in [0, 0.05) is 16.5 Å². The molecule has 0 heterocycles. The second-order valence-electron chi connectivity index (χ2n) is 5.40. The van der Waals surface area contributed by atoms with Crippen molar-refractivity contribution >= 4 is 35.1 Å². The highest BCUT2D eigenvalue weighted by Crippen LogP contribution is 2.16. The Labute approximate surface area is 156 Å². The number of esters is 2. The van der Waals surface area contributed by atoms with Crippen molar-refractivity contribution in [1.82, 2.24) is 0 Å². The van der Waals surface area contributed by atoms with Gasteiger partial charge in [0.15, 0.2) is 0 Å². The van der Waals surface area contributed by atoms with Crippen LogP contribution in [-0.4, -0.2) is 18.2 Å². The highest BCUT2D eigenvalue weighted by atomic mass is 35.5. The molecule has 2 rings (SSSR count). The molecule has 0 N–H and O–H groups in total. The van der Waals surface area contributed by atoms with E-state index in [9.17, 15) is 9.59 Å². The zero-order valence-electron chi connectivity index (χ0n) is 13.7. The Morgan fingerprint density at radius 3 is 1.60 bits per heavy atom. The summed E-state index contributed by atoms with van der Waals surface area (Å²) < 4.78 is 10.7. The smallest absolute Gasteiger partial charge is 0.341 e. The third-order valence-electron chi connectivity index (χ3n) is 3.43. The van der Waals surface area contributed by atoms with Crippen molar-refractivity contribution in [2.24, 2.45) is 0 Å². The van der Waals surface area contributed by atoms with Gasteiger partial charge in [0.25, 0.3) is 0 Å². The first-order valence-corrected chi connectivity index (χ1v) is 8.68. The van der Waals surface area contributed by atoms with Crippen molar-refractivity contribution in [3.63, 3.8) is 0 Å². The Morgan fingerprint density at radius 2 is 1.24 bits per heavy atom. The van der Waals surface area contributed by atoms with E-state index in [1.807, 2.05) is 6.92 Å². The van der Waals surface area contributed by atoms with Crippen LogP contribution < -0.4 is 0 Å². The average molecular weight is 381 g/mol. The highest BCUT2D eigenvalue weighted by molar-refractivity contribution is 6.30. The first kappa shape index (κ1) is 19.3. The number of halogens is 2. The minimum absolute atomic E-state index is 0.341. The predicted molar refractivity (Wildman–Crippen MR) is 97.0 cm³/mol. The lowest BCUT2D eigenvalue weighted by Crippen LogP contribution is -2.25. The lowest BCUT2D eigenvalue weighted by molar-refractivity contribution is -0.0836. The van der Waals surface area contributed by atoms with E-state index in [4.69, 9.17) is 32.7 Å². The van der Waals surface area contributed by atoms with E-state index in [2.05, 4.69) is 0 Å². The molecule has 0 saturated carbocycles. The van der Waals surface area contributed by atoms with Gasteiger partial charge in [-0.05, 0) is 55.0 Å². The van der Waals surface area contributed by atoms with Gasteiger partial charge < -0.3 is 9.47 Å². The number of carbonyl (C=O) groups excluding carboxylic acids is 2. The Morgan fingerprint density at radius 1 is 0.840 bits per heavy atom. The van der Waals surface area contributed by atoms with Crippen LogP contribution in [0.3, 0.4) is 0 Å². The van der Waals surface area contributed by atoms with Crippen molar-refractivity contribution in [3.8, 4) is 0 Å². The lowest BCUT2D eigenvalue weighted by Gasteiger charge is -2.18. The minimum Gasteiger partial charge on any atom is -0.422 e. The van der Waals surface area contributed by atoms with Crippen LogP contribution in [0, 0.1) is 0 Å². The molecule has 0 saturated heterocycles. The third kappa shape index (κ3) is 6.07. The molecule has 6 heteroatoms. The lowest BCUT2D eigenvalue weighted by atomic mass is 10.2. The highest BCUT2D eigenvalue weighted by Gasteiger charge is 2.20. The van der Waals surface area contributed by atoms with E-state index in [0.717, 1.165) is 12.8 Å².